The van der Waals surface area contributed by atoms with Crippen LogP contribution in [0.25, 0.3) is 0 Å². The summed E-state index contributed by atoms with van der Waals surface area (Å²) in [6.07, 6.45) is 5.14. The molecule has 2 aliphatic rings. The molecule has 0 spiro atoms. The molecule has 2 fully saturated rings. The van der Waals surface area contributed by atoms with Crippen LogP contribution in [0.5, 0.6) is 0 Å². The summed E-state index contributed by atoms with van der Waals surface area (Å²) in [7, 11) is 0. The fourth-order valence-corrected chi connectivity index (χ4v) is 1.84. The summed E-state index contributed by atoms with van der Waals surface area (Å²) in [5.74, 6) is 0. The van der Waals surface area contributed by atoms with Gasteiger partial charge < -0.3 is 15.8 Å². The minimum absolute atomic E-state index is 0.208. The molecule has 12 heavy (non-hydrogen) atoms. The minimum Gasteiger partial charge on any atom is -0.380 e. The Kier molecular flexibility index (Phi) is 2.63. The first kappa shape index (κ1) is 8.48. The number of hydrogen-bond donors (Lipinski definition) is 2. The second-order valence-electron chi connectivity index (χ2n) is 3.93. The minimum atomic E-state index is 0.208. The summed E-state index contributed by atoms with van der Waals surface area (Å²) in [6, 6.07) is 1.46. The molecule has 1 aliphatic heterocycles. The standard InChI is InChI=1S/C9H18N2O/c10-8-6-12-5-4-9(8)11-7-2-1-3-7/h7-9,11H,1-6,10H2. The second-order valence-corrected chi connectivity index (χ2v) is 3.93. The summed E-state index contributed by atoms with van der Waals surface area (Å²) < 4.78 is 5.28. The lowest BCUT2D eigenvalue weighted by Gasteiger charge is -2.36. The third-order valence-corrected chi connectivity index (χ3v) is 2.96. The third-order valence-electron chi connectivity index (χ3n) is 2.96. The molecule has 70 valence electrons. The molecule has 3 N–H and O–H groups in total. The lowest BCUT2D eigenvalue weighted by molar-refractivity contribution is 0.0552. The molecule has 0 amide bonds. The Morgan fingerprint density at radius 1 is 1.25 bits per heavy atom. The molecule has 0 aromatic rings. The maximum atomic E-state index is 5.92. The predicted octanol–water partition coefficient (Wildman–Crippen LogP) is 0.245. The molecule has 1 saturated carbocycles. The van der Waals surface area contributed by atoms with Crippen molar-refractivity contribution in [2.45, 2.75) is 43.8 Å². The Morgan fingerprint density at radius 3 is 2.67 bits per heavy atom. The van der Waals surface area contributed by atoms with Crippen LogP contribution in [0.4, 0.5) is 0 Å². The summed E-state index contributed by atoms with van der Waals surface area (Å²) in [4.78, 5) is 0. The number of nitrogens with two attached hydrogens (primary N) is 1. The van der Waals surface area contributed by atoms with Crippen LogP contribution in [-0.2, 0) is 4.74 Å². The molecule has 1 saturated heterocycles. The maximum Gasteiger partial charge on any atom is 0.0632 e. The first-order valence-corrected chi connectivity index (χ1v) is 4.95. The summed E-state index contributed by atoms with van der Waals surface area (Å²) in [5, 5.41) is 3.60. The van der Waals surface area contributed by atoms with Crippen molar-refractivity contribution in [1.29, 1.82) is 0 Å². The van der Waals surface area contributed by atoms with E-state index in [1.165, 1.54) is 19.3 Å². The van der Waals surface area contributed by atoms with Gasteiger partial charge in [0.25, 0.3) is 0 Å². The van der Waals surface area contributed by atoms with E-state index in [4.69, 9.17) is 10.5 Å². The van der Waals surface area contributed by atoms with E-state index in [-0.39, 0.29) is 6.04 Å². The van der Waals surface area contributed by atoms with Crippen molar-refractivity contribution in [3.8, 4) is 0 Å². The Hall–Kier alpha value is -0.120. The van der Waals surface area contributed by atoms with Crippen LogP contribution in [0.1, 0.15) is 25.7 Å². The van der Waals surface area contributed by atoms with E-state index in [1.807, 2.05) is 0 Å². The lowest BCUT2D eigenvalue weighted by Crippen LogP contribution is -2.55. The molecular weight excluding hydrogens is 152 g/mol. The zero-order chi connectivity index (χ0) is 8.39. The molecule has 2 atom stereocenters. The van der Waals surface area contributed by atoms with Crippen LogP contribution in [0.3, 0.4) is 0 Å². The zero-order valence-electron chi connectivity index (χ0n) is 7.46. The Balaban J connectivity index is 1.76. The van der Waals surface area contributed by atoms with Gasteiger partial charge in [0.05, 0.1) is 6.61 Å². The highest BCUT2D eigenvalue weighted by atomic mass is 16.5. The van der Waals surface area contributed by atoms with Crippen LogP contribution in [-0.4, -0.2) is 31.3 Å². The highest BCUT2D eigenvalue weighted by Crippen LogP contribution is 2.20. The van der Waals surface area contributed by atoms with Gasteiger partial charge in [0.1, 0.15) is 0 Å². The van der Waals surface area contributed by atoms with Crippen molar-refractivity contribution >= 4 is 0 Å². The Labute approximate surface area is 73.7 Å². The van der Waals surface area contributed by atoms with Gasteiger partial charge in [-0.15, -0.1) is 0 Å². The number of ether oxygens (including phenoxy) is 1. The van der Waals surface area contributed by atoms with E-state index in [0.717, 1.165) is 25.7 Å². The van der Waals surface area contributed by atoms with Gasteiger partial charge in [0.15, 0.2) is 0 Å². The first-order valence-electron chi connectivity index (χ1n) is 4.95. The van der Waals surface area contributed by atoms with Crippen LogP contribution in [0.15, 0.2) is 0 Å². The Morgan fingerprint density at radius 2 is 2.08 bits per heavy atom. The molecular formula is C9H18N2O. The van der Waals surface area contributed by atoms with Crippen LogP contribution < -0.4 is 11.1 Å². The predicted molar refractivity (Wildman–Crippen MR) is 48.0 cm³/mol. The monoisotopic (exact) mass is 170 g/mol. The van der Waals surface area contributed by atoms with Crippen LogP contribution in [0.2, 0.25) is 0 Å². The normalized spacial score (nSPS) is 37.8. The first-order chi connectivity index (χ1) is 5.86. The molecule has 3 nitrogen and oxygen atoms in total. The Bertz CT molecular complexity index is 147. The van der Waals surface area contributed by atoms with Gasteiger partial charge in [0, 0.05) is 24.7 Å². The second kappa shape index (κ2) is 3.73. The van der Waals surface area contributed by atoms with Crippen molar-refractivity contribution in [3.63, 3.8) is 0 Å². The fourth-order valence-electron chi connectivity index (χ4n) is 1.84. The third kappa shape index (κ3) is 1.79. The van der Waals surface area contributed by atoms with E-state index in [2.05, 4.69) is 5.32 Å². The number of nitrogens with one attached hydrogen (secondary N) is 1. The average Bonchev–Trinajstić information content (AvgIpc) is 2.00. The fraction of sp³-hybridized carbons (Fsp3) is 1.00. The highest BCUT2D eigenvalue weighted by Gasteiger charge is 2.26. The van der Waals surface area contributed by atoms with Crippen molar-refractivity contribution in [3.05, 3.63) is 0 Å². The van der Waals surface area contributed by atoms with E-state index in [1.54, 1.807) is 0 Å². The number of hydrogen-bond acceptors (Lipinski definition) is 3. The van der Waals surface area contributed by atoms with Gasteiger partial charge in [-0.1, -0.05) is 6.42 Å². The van der Waals surface area contributed by atoms with Crippen molar-refractivity contribution in [2.24, 2.45) is 5.73 Å². The van der Waals surface area contributed by atoms with Gasteiger partial charge in [-0.05, 0) is 19.3 Å². The summed E-state index contributed by atoms with van der Waals surface area (Å²) in [6.45, 7) is 1.60. The topological polar surface area (TPSA) is 47.3 Å². The average molecular weight is 170 g/mol. The SMILES string of the molecule is NC1COCCC1NC1CCC1. The van der Waals surface area contributed by atoms with Gasteiger partial charge in [-0.25, -0.2) is 0 Å². The molecule has 0 aromatic carbocycles. The lowest BCUT2D eigenvalue weighted by atomic mass is 9.91. The highest BCUT2D eigenvalue weighted by molar-refractivity contribution is 4.88. The molecule has 0 radical (unpaired) electrons. The van der Waals surface area contributed by atoms with Crippen molar-refractivity contribution < 1.29 is 4.74 Å². The van der Waals surface area contributed by atoms with Gasteiger partial charge in [0.2, 0.25) is 0 Å². The number of rotatable bonds is 2. The molecule has 3 heteroatoms. The molecule has 2 rings (SSSR count). The van der Waals surface area contributed by atoms with E-state index in [0.29, 0.717) is 6.04 Å². The molecule has 0 bridgehead atoms. The van der Waals surface area contributed by atoms with Crippen molar-refractivity contribution in [1.82, 2.24) is 5.32 Å². The molecule has 1 aliphatic carbocycles. The molecule has 2 unspecified atom stereocenters. The summed E-state index contributed by atoms with van der Waals surface area (Å²) >= 11 is 0. The van der Waals surface area contributed by atoms with Crippen molar-refractivity contribution in [2.75, 3.05) is 13.2 Å². The zero-order valence-corrected chi connectivity index (χ0v) is 7.46. The maximum absolute atomic E-state index is 5.92. The summed E-state index contributed by atoms with van der Waals surface area (Å²) in [5.41, 5.74) is 5.92. The van der Waals surface area contributed by atoms with E-state index < -0.39 is 0 Å². The molecule has 1 heterocycles. The largest absolute Gasteiger partial charge is 0.380 e. The van der Waals surface area contributed by atoms with E-state index in [9.17, 15) is 0 Å². The van der Waals surface area contributed by atoms with Gasteiger partial charge in [-0.2, -0.15) is 0 Å². The van der Waals surface area contributed by atoms with E-state index >= 15 is 0 Å². The van der Waals surface area contributed by atoms with Crippen LogP contribution in [0, 0.1) is 0 Å². The van der Waals surface area contributed by atoms with Crippen LogP contribution >= 0.6 is 0 Å². The smallest absolute Gasteiger partial charge is 0.0632 e. The quantitative estimate of drug-likeness (QED) is 0.624. The molecule has 0 aromatic heterocycles. The van der Waals surface area contributed by atoms with Gasteiger partial charge in [-0.3, -0.25) is 0 Å². The van der Waals surface area contributed by atoms with Gasteiger partial charge >= 0.3 is 0 Å².